The van der Waals surface area contributed by atoms with Gasteiger partial charge in [-0.2, -0.15) is 10.2 Å². The Morgan fingerprint density at radius 3 is 3.00 bits per heavy atom. The fourth-order valence-corrected chi connectivity index (χ4v) is 3.47. The van der Waals surface area contributed by atoms with Crippen LogP contribution < -0.4 is 10.2 Å². The molecule has 0 spiro atoms. The second kappa shape index (κ2) is 6.39. The molecule has 0 unspecified atom stereocenters. The molecule has 1 N–H and O–H groups in total. The zero-order chi connectivity index (χ0) is 16.4. The summed E-state index contributed by atoms with van der Waals surface area (Å²) in [5.74, 6) is 0.366. The lowest BCUT2D eigenvalue weighted by Crippen LogP contribution is -2.16. The van der Waals surface area contributed by atoms with Gasteiger partial charge in [-0.15, -0.1) is 11.3 Å². The van der Waals surface area contributed by atoms with Gasteiger partial charge in [0.05, 0.1) is 24.0 Å². The van der Waals surface area contributed by atoms with E-state index in [4.69, 9.17) is 16.3 Å². The number of fused-ring (bicyclic) bond motifs is 1. The Bertz CT molecular complexity index is 900. The SMILES string of the molecule is COc1ccc2c(Cl)c(C(=O)NN=Cc3ccnn3C)sc2c1. The van der Waals surface area contributed by atoms with E-state index in [1.54, 1.807) is 31.1 Å². The molecule has 0 radical (unpaired) electrons. The van der Waals surface area contributed by atoms with Crippen molar-refractivity contribution >= 4 is 45.1 Å². The number of methoxy groups -OCH3 is 1. The van der Waals surface area contributed by atoms with Crippen molar-refractivity contribution in [3.8, 4) is 5.75 Å². The number of nitrogens with one attached hydrogen (secondary N) is 1. The van der Waals surface area contributed by atoms with E-state index in [1.165, 1.54) is 17.6 Å². The molecular weight excluding hydrogens is 336 g/mol. The van der Waals surface area contributed by atoms with Crippen molar-refractivity contribution in [2.24, 2.45) is 12.1 Å². The van der Waals surface area contributed by atoms with Crippen molar-refractivity contribution < 1.29 is 9.53 Å². The average Bonchev–Trinajstić information content (AvgIpc) is 3.11. The quantitative estimate of drug-likeness (QED) is 0.582. The molecule has 0 aliphatic heterocycles. The second-order valence-corrected chi connectivity index (χ2v) is 6.12. The molecule has 3 aromatic rings. The van der Waals surface area contributed by atoms with Crippen LogP contribution in [0.4, 0.5) is 0 Å². The van der Waals surface area contributed by atoms with Crippen LogP contribution in [-0.2, 0) is 7.05 Å². The highest BCUT2D eigenvalue weighted by Crippen LogP contribution is 2.37. The summed E-state index contributed by atoms with van der Waals surface area (Å²) in [7, 11) is 3.39. The van der Waals surface area contributed by atoms with E-state index in [2.05, 4.69) is 15.6 Å². The summed E-state index contributed by atoms with van der Waals surface area (Å²) in [6, 6.07) is 7.28. The van der Waals surface area contributed by atoms with E-state index in [-0.39, 0.29) is 5.91 Å². The minimum absolute atomic E-state index is 0.353. The fraction of sp³-hybridized carbons (Fsp3) is 0.133. The first-order valence-electron chi connectivity index (χ1n) is 6.67. The number of nitrogens with zero attached hydrogens (tertiary/aromatic N) is 3. The molecule has 23 heavy (non-hydrogen) atoms. The number of aryl methyl sites for hydroxylation is 1. The Balaban J connectivity index is 1.82. The van der Waals surface area contributed by atoms with Crippen LogP contribution in [-0.4, -0.2) is 29.0 Å². The second-order valence-electron chi connectivity index (χ2n) is 4.69. The Morgan fingerprint density at radius 1 is 1.48 bits per heavy atom. The van der Waals surface area contributed by atoms with Gasteiger partial charge in [0.25, 0.3) is 5.91 Å². The predicted molar refractivity (Wildman–Crippen MR) is 91.7 cm³/mol. The Kier molecular flexibility index (Phi) is 4.31. The highest BCUT2D eigenvalue weighted by molar-refractivity contribution is 7.21. The van der Waals surface area contributed by atoms with Crippen LogP contribution in [0.1, 0.15) is 15.4 Å². The largest absolute Gasteiger partial charge is 0.497 e. The number of carbonyl (C=O) groups excluding carboxylic acids is 1. The van der Waals surface area contributed by atoms with E-state index < -0.39 is 0 Å². The molecule has 1 aromatic carbocycles. The summed E-state index contributed by atoms with van der Waals surface area (Å²) in [6.45, 7) is 0. The smallest absolute Gasteiger partial charge is 0.283 e. The van der Waals surface area contributed by atoms with Gasteiger partial charge in [-0.05, 0) is 24.3 Å². The minimum atomic E-state index is -0.353. The molecule has 0 fully saturated rings. The lowest BCUT2D eigenvalue weighted by Gasteiger charge is -1.98. The Hall–Kier alpha value is -2.38. The van der Waals surface area contributed by atoms with E-state index in [9.17, 15) is 4.79 Å². The first-order chi connectivity index (χ1) is 11.1. The lowest BCUT2D eigenvalue weighted by molar-refractivity contribution is 0.0959. The minimum Gasteiger partial charge on any atom is -0.497 e. The van der Waals surface area contributed by atoms with Crippen molar-refractivity contribution in [1.29, 1.82) is 0 Å². The number of rotatable bonds is 4. The van der Waals surface area contributed by atoms with Gasteiger partial charge in [0.15, 0.2) is 0 Å². The summed E-state index contributed by atoms with van der Waals surface area (Å²) in [5.41, 5.74) is 3.25. The number of hydrogen-bond donors (Lipinski definition) is 1. The number of amides is 1. The van der Waals surface area contributed by atoms with Gasteiger partial charge < -0.3 is 4.74 Å². The number of thiophene rings is 1. The highest BCUT2D eigenvalue weighted by atomic mass is 35.5. The van der Waals surface area contributed by atoms with Crippen LogP contribution in [0, 0.1) is 0 Å². The fourth-order valence-electron chi connectivity index (χ4n) is 2.04. The van der Waals surface area contributed by atoms with Crippen LogP contribution in [0.5, 0.6) is 5.75 Å². The van der Waals surface area contributed by atoms with Crippen molar-refractivity contribution in [2.45, 2.75) is 0 Å². The average molecular weight is 349 g/mol. The highest BCUT2D eigenvalue weighted by Gasteiger charge is 2.17. The topological polar surface area (TPSA) is 68.5 Å². The molecule has 0 bridgehead atoms. The molecule has 0 atom stereocenters. The van der Waals surface area contributed by atoms with Gasteiger partial charge in [0.1, 0.15) is 10.6 Å². The first-order valence-corrected chi connectivity index (χ1v) is 7.87. The summed E-state index contributed by atoms with van der Waals surface area (Å²) in [6.07, 6.45) is 3.18. The summed E-state index contributed by atoms with van der Waals surface area (Å²) in [4.78, 5) is 12.7. The standard InChI is InChI=1S/C15H13ClN4O2S/c1-20-9(5-6-18-20)8-17-19-15(21)14-13(16)11-4-3-10(22-2)7-12(11)23-14/h3-8H,1-2H3,(H,19,21). The van der Waals surface area contributed by atoms with Crippen LogP contribution in [0.25, 0.3) is 10.1 Å². The molecule has 0 saturated heterocycles. The molecule has 0 aliphatic rings. The number of halogens is 1. The third kappa shape index (κ3) is 3.06. The molecule has 3 rings (SSSR count). The number of ether oxygens (including phenoxy) is 1. The van der Waals surface area contributed by atoms with Crippen LogP contribution in [0.15, 0.2) is 35.6 Å². The third-order valence-corrected chi connectivity index (χ3v) is 4.92. The van der Waals surface area contributed by atoms with E-state index in [0.717, 1.165) is 21.5 Å². The first kappa shape index (κ1) is 15.5. The third-order valence-electron chi connectivity index (χ3n) is 3.26. The normalized spacial score (nSPS) is 11.3. The molecule has 0 saturated carbocycles. The van der Waals surface area contributed by atoms with Crippen molar-refractivity contribution in [3.63, 3.8) is 0 Å². The van der Waals surface area contributed by atoms with Crippen LogP contribution in [0.2, 0.25) is 5.02 Å². The number of aromatic nitrogens is 2. The van der Waals surface area contributed by atoms with E-state index in [1.807, 2.05) is 18.2 Å². The van der Waals surface area contributed by atoms with Crippen molar-refractivity contribution in [1.82, 2.24) is 15.2 Å². The van der Waals surface area contributed by atoms with E-state index >= 15 is 0 Å². The lowest BCUT2D eigenvalue weighted by atomic mass is 10.2. The summed E-state index contributed by atoms with van der Waals surface area (Å²) >= 11 is 7.59. The molecule has 2 heterocycles. The molecule has 8 heteroatoms. The number of carbonyl (C=O) groups is 1. The Labute approximate surface area is 141 Å². The van der Waals surface area contributed by atoms with Crippen molar-refractivity contribution in [3.05, 3.63) is 46.1 Å². The van der Waals surface area contributed by atoms with Gasteiger partial charge in [-0.25, -0.2) is 5.43 Å². The molecular formula is C15H13ClN4O2S. The van der Waals surface area contributed by atoms with Gasteiger partial charge in [0, 0.05) is 23.3 Å². The maximum absolute atomic E-state index is 12.3. The zero-order valence-electron chi connectivity index (χ0n) is 12.4. The van der Waals surface area contributed by atoms with Gasteiger partial charge in [-0.1, -0.05) is 11.6 Å². The summed E-state index contributed by atoms with van der Waals surface area (Å²) < 4.78 is 7.71. The van der Waals surface area contributed by atoms with Crippen molar-refractivity contribution in [2.75, 3.05) is 7.11 Å². The zero-order valence-corrected chi connectivity index (χ0v) is 14.0. The molecule has 6 nitrogen and oxygen atoms in total. The van der Waals surface area contributed by atoms with Crippen LogP contribution >= 0.6 is 22.9 Å². The van der Waals surface area contributed by atoms with Crippen LogP contribution in [0.3, 0.4) is 0 Å². The monoisotopic (exact) mass is 348 g/mol. The van der Waals surface area contributed by atoms with Gasteiger partial charge >= 0.3 is 0 Å². The van der Waals surface area contributed by atoms with Gasteiger partial charge in [-0.3, -0.25) is 9.48 Å². The maximum Gasteiger partial charge on any atom is 0.283 e. The van der Waals surface area contributed by atoms with E-state index in [0.29, 0.717) is 9.90 Å². The molecule has 2 aromatic heterocycles. The number of hydrogen-bond acceptors (Lipinski definition) is 5. The number of benzene rings is 1. The molecule has 0 aliphatic carbocycles. The predicted octanol–water partition coefficient (Wildman–Crippen LogP) is 3.06. The summed E-state index contributed by atoms with van der Waals surface area (Å²) in [5, 5.41) is 9.18. The molecule has 118 valence electrons. The molecule has 1 amide bonds. The van der Waals surface area contributed by atoms with Gasteiger partial charge in [0.2, 0.25) is 0 Å². The maximum atomic E-state index is 12.3. The number of hydrazone groups is 1. The Morgan fingerprint density at radius 2 is 2.30 bits per heavy atom.